The van der Waals surface area contributed by atoms with Crippen molar-refractivity contribution in [2.45, 2.75) is 39.5 Å². The van der Waals surface area contributed by atoms with Crippen LogP contribution in [0.15, 0.2) is 24.4 Å². The first-order chi connectivity index (χ1) is 7.51. The predicted molar refractivity (Wildman–Crippen MR) is 68.9 cm³/mol. The van der Waals surface area contributed by atoms with E-state index in [0.29, 0.717) is 17.3 Å². The Labute approximate surface area is 96.9 Å². The zero-order chi connectivity index (χ0) is 11.5. The average Bonchev–Trinajstić information content (AvgIpc) is 2.76. The number of nitrogens with one attached hydrogen (secondary N) is 1. The Balaban J connectivity index is 2.30. The van der Waals surface area contributed by atoms with Gasteiger partial charge >= 0.3 is 0 Å². The number of aromatic amines is 1. The Hall–Kier alpha value is -1.24. The molecule has 2 aromatic rings. The quantitative estimate of drug-likeness (QED) is 0.667. The summed E-state index contributed by atoms with van der Waals surface area (Å²) in [7, 11) is 0. The van der Waals surface area contributed by atoms with Crippen molar-refractivity contribution in [3.05, 3.63) is 35.5 Å². The topological polar surface area (TPSA) is 15.8 Å². The highest BCUT2D eigenvalue weighted by Crippen LogP contribution is 2.55. The molecule has 0 saturated carbocycles. The molecule has 1 aromatic carbocycles. The molecule has 0 amide bonds. The second kappa shape index (κ2) is 2.91. The molecule has 3 rings (SSSR count). The molecule has 1 N–H and O–H groups in total. The van der Waals surface area contributed by atoms with E-state index in [1.54, 1.807) is 5.56 Å². The molecule has 0 unspecified atom stereocenters. The SMILES string of the molecule is C[C@@H]1c2cc3cc[nH]c3cc2[C@H](C)C1(C)C. The van der Waals surface area contributed by atoms with Gasteiger partial charge in [0.2, 0.25) is 0 Å². The fourth-order valence-electron chi connectivity index (χ4n) is 3.06. The van der Waals surface area contributed by atoms with Crippen LogP contribution in [0.4, 0.5) is 0 Å². The Kier molecular flexibility index (Phi) is 1.81. The Morgan fingerprint density at radius 1 is 1.06 bits per heavy atom. The van der Waals surface area contributed by atoms with E-state index in [4.69, 9.17) is 0 Å². The summed E-state index contributed by atoms with van der Waals surface area (Å²) in [6.07, 6.45) is 2.03. The highest BCUT2D eigenvalue weighted by Gasteiger charge is 2.41. The van der Waals surface area contributed by atoms with Crippen molar-refractivity contribution >= 4 is 10.9 Å². The number of aromatic nitrogens is 1. The van der Waals surface area contributed by atoms with Crippen LogP contribution in [0.1, 0.15) is 50.7 Å². The van der Waals surface area contributed by atoms with Crippen molar-refractivity contribution in [1.82, 2.24) is 4.98 Å². The van der Waals surface area contributed by atoms with Crippen molar-refractivity contribution in [3.63, 3.8) is 0 Å². The summed E-state index contributed by atoms with van der Waals surface area (Å²) in [5.74, 6) is 1.29. The largest absolute Gasteiger partial charge is 0.361 e. The maximum absolute atomic E-state index is 3.31. The fraction of sp³-hybridized carbons (Fsp3) is 0.467. The minimum absolute atomic E-state index is 0.376. The standard InChI is InChI=1S/C15H19N/c1-9-12-7-11-5-6-16-14(11)8-13(12)10(2)15(9,3)4/h5-10,16H,1-4H3/t9-,10+/m1/s1. The summed E-state index contributed by atoms with van der Waals surface area (Å²) < 4.78 is 0. The van der Waals surface area contributed by atoms with Crippen molar-refractivity contribution in [2.24, 2.45) is 5.41 Å². The summed E-state index contributed by atoms with van der Waals surface area (Å²) in [6.45, 7) is 9.49. The lowest BCUT2D eigenvalue weighted by atomic mass is 9.75. The third kappa shape index (κ3) is 1.06. The first-order valence-electron chi connectivity index (χ1n) is 6.12. The molecule has 0 radical (unpaired) electrons. The van der Waals surface area contributed by atoms with Crippen LogP contribution in [0.2, 0.25) is 0 Å². The van der Waals surface area contributed by atoms with Gasteiger partial charge in [-0.2, -0.15) is 0 Å². The second-order valence-corrected chi connectivity index (χ2v) is 5.81. The number of H-pyrrole nitrogens is 1. The van der Waals surface area contributed by atoms with Gasteiger partial charge in [0.25, 0.3) is 0 Å². The fourth-order valence-corrected chi connectivity index (χ4v) is 3.06. The normalized spacial score (nSPS) is 27.2. The van der Waals surface area contributed by atoms with E-state index < -0.39 is 0 Å². The van der Waals surface area contributed by atoms with Crippen molar-refractivity contribution < 1.29 is 0 Å². The van der Waals surface area contributed by atoms with Gasteiger partial charge in [-0.25, -0.2) is 0 Å². The lowest BCUT2D eigenvalue weighted by molar-refractivity contribution is 0.279. The van der Waals surface area contributed by atoms with Gasteiger partial charge in [-0.1, -0.05) is 27.7 Å². The maximum atomic E-state index is 3.31. The van der Waals surface area contributed by atoms with Crippen LogP contribution in [0.25, 0.3) is 10.9 Å². The summed E-state index contributed by atoms with van der Waals surface area (Å²) in [5.41, 5.74) is 4.73. The molecule has 1 nitrogen and oxygen atoms in total. The molecule has 2 atom stereocenters. The molecule has 0 aliphatic heterocycles. The van der Waals surface area contributed by atoms with Crippen LogP contribution < -0.4 is 0 Å². The predicted octanol–water partition coefficient (Wildman–Crippen LogP) is 4.41. The highest BCUT2D eigenvalue weighted by molar-refractivity contribution is 5.82. The second-order valence-electron chi connectivity index (χ2n) is 5.81. The minimum atomic E-state index is 0.376. The van der Waals surface area contributed by atoms with Crippen molar-refractivity contribution in [1.29, 1.82) is 0 Å². The van der Waals surface area contributed by atoms with Crippen LogP contribution in [-0.4, -0.2) is 4.98 Å². The Morgan fingerprint density at radius 3 is 2.38 bits per heavy atom. The van der Waals surface area contributed by atoms with Crippen LogP contribution in [0, 0.1) is 5.41 Å². The molecule has 1 aromatic heterocycles. The molecule has 1 aliphatic carbocycles. The number of fused-ring (bicyclic) bond motifs is 2. The monoisotopic (exact) mass is 213 g/mol. The molecule has 0 bridgehead atoms. The van der Waals surface area contributed by atoms with E-state index >= 15 is 0 Å². The van der Waals surface area contributed by atoms with Gasteiger partial charge in [0.05, 0.1) is 0 Å². The zero-order valence-electron chi connectivity index (χ0n) is 10.5. The molecule has 0 saturated heterocycles. The van der Waals surface area contributed by atoms with E-state index in [9.17, 15) is 0 Å². The van der Waals surface area contributed by atoms with E-state index in [2.05, 4.69) is 50.9 Å². The first-order valence-corrected chi connectivity index (χ1v) is 6.12. The molecule has 1 heterocycles. The summed E-state index contributed by atoms with van der Waals surface area (Å²) in [5, 5.41) is 1.34. The van der Waals surface area contributed by atoms with Crippen LogP contribution in [0.5, 0.6) is 0 Å². The van der Waals surface area contributed by atoms with Crippen LogP contribution >= 0.6 is 0 Å². The van der Waals surface area contributed by atoms with E-state index in [1.165, 1.54) is 16.5 Å². The van der Waals surface area contributed by atoms with Crippen molar-refractivity contribution in [2.75, 3.05) is 0 Å². The van der Waals surface area contributed by atoms with Gasteiger partial charge in [-0.3, -0.25) is 0 Å². The lowest BCUT2D eigenvalue weighted by Crippen LogP contribution is -2.18. The van der Waals surface area contributed by atoms with Gasteiger partial charge in [-0.15, -0.1) is 0 Å². The van der Waals surface area contributed by atoms with Crippen LogP contribution in [0.3, 0.4) is 0 Å². The number of rotatable bonds is 0. The third-order valence-corrected chi connectivity index (χ3v) is 4.92. The van der Waals surface area contributed by atoms with Crippen molar-refractivity contribution in [3.8, 4) is 0 Å². The molecule has 0 spiro atoms. The number of hydrogen-bond acceptors (Lipinski definition) is 0. The minimum Gasteiger partial charge on any atom is -0.361 e. The molecule has 1 heteroatoms. The van der Waals surface area contributed by atoms with E-state index in [1.807, 2.05) is 6.20 Å². The zero-order valence-corrected chi connectivity index (χ0v) is 10.5. The Bertz CT molecular complexity index is 502. The van der Waals surface area contributed by atoms with E-state index in [-0.39, 0.29) is 0 Å². The molecule has 1 aliphatic rings. The smallest absolute Gasteiger partial charge is 0.0456 e. The molecule has 16 heavy (non-hydrogen) atoms. The Morgan fingerprint density at radius 2 is 1.69 bits per heavy atom. The summed E-state index contributed by atoms with van der Waals surface area (Å²) in [4.78, 5) is 3.31. The maximum Gasteiger partial charge on any atom is 0.0456 e. The van der Waals surface area contributed by atoms with E-state index in [0.717, 1.165) is 0 Å². The summed E-state index contributed by atoms with van der Waals surface area (Å²) >= 11 is 0. The summed E-state index contributed by atoms with van der Waals surface area (Å²) in [6, 6.07) is 6.88. The van der Waals surface area contributed by atoms with Gasteiger partial charge in [0.1, 0.15) is 0 Å². The van der Waals surface area contributed by atoms with Gasteiger partial charge in [0, 0.05) is 11.7 Å². The van der Waals surface area contributed by atoms with Gasteiger partial charge < -0.3 is 4.98 Å². The van der Waals surface area contributed by atoms with Gasteiger partial charge in [-0.05, 0) is 52.0 Å². The highest BCUT2D eigenvalue weighted by atomic mass is 14.7. The average molecular weight is 213 g/mol. The third-order valence-electron chi connectivity index (χ3n) is 4.92. The molecular weight excluding hydrogens is 194 g/mol. The lowest BCUT2D eigenvalue weighted by Gasteiger charge is -2.29. The molecular formula is C15H19N. The first kappa shape index (κ1) is 9.95. The number of benzene rings is 1. The molecule has 84 valence electrons. The van der Waals surface area contributed by atoms with Crippen LogP contribution in [-0.2, 0) is 0 Å². The molecule has 0 fully saturated rings. The van der Waals surface area contributed by atoms with Gasteiger partial charge in [0.15, 0.2) is 0 Å². The number of hydrogen-bond donors (Lipinski definition) is 1.